The molecule has 55 heavy (non-hydrogen) atoms. The number of methoxy groups -OCH3 is 1. The predicted molar refractivity (Wildman–Crippen MR) is 217 cm³/mol. The highest BCUT2D eigenvalue weighted by atomic mass is 16.5. The summed E-state index contributed by atoms with van der Waals surface area (Å²) in [7, 11) is 1.81. The van der Waals surface area contributed by atoms with E-state index in [4.69, 9.17) is 19.4 Å². The van der Waals surface area contributed by atoms with Gasteiger partial charge >= 0.3 is 6.01 Å². The van der Waals surface area contributed by atoms with Crippen LogP contribution >= 0.6 is 0 Å². The van der Waals surface area contributed by atoms with Crippen LogP contribution in [0, 0.1) is 0 Å². The van der Waals surface area contributed by atoms with E-state index in [1.54, 1.807) is 0 Å². The maximum absolute atomic E-state index is 10.6. The summed E-state index contributed by atoms with van der Waals surface area (Å²) in [6.07, 6.45) is 8.27. The molecule has 1 spiro atoms. The number of hydrogen-bond acceptors (Lipinski definition) is 8. The molecule has 4 aliphatic rings. The van der Waals surface area contributed by atoms with Gasteiger partial charge < -0.3 is 24.8 Å². The number of anilines is 1. The number of rotatable bonds is 10. The summed E-state index contributed by atoms with van der Waals surface area (Å²) in [4.78, 5) is 15.7. The number of nitrogens with zero attached hydrogens (tertiary/aromatic N) is 4. The fourth-order valence-corrected chi connectivity index (χ4v) is 10.4. The van der Waals surface area contributed by atoms with Crippen LogP contribution in [0.15, 0.2) is 109 Å². The van der Waals surface area contributed by atoms with Gasteiger partial charge in [0.2, 0.25) is 0 Å². The zero-order valence-corrected chi connectivity index (χ0v) is 32.0. The van der Waals surface area contributed by atoms with Gasteiger partial charge in [-0.3, -0.25) is 4.90 Å². The summed E-state index contributed by atoms with van der Waals surface area (Å²) >= 11 is 0. The molecule has 0 radical (unpaired) electrons. The van der Waals surface area contributed by atoms with Crippen molar-refractivity contribution in [3.63, 3.8) is 0 Å². The number of phenols is 1. The van der Waals surface area contributed by atoms with E-state index in [1.807, 2.05) is 19.2 Å². The molecule has 2 fully saturated rings. The second-order valence-electron chi connectivity index (χ2n) is 16.1. The Morgan fingerprint density at radius 1 is 0.818 bits per heavy atom. The lowest BCUT2D eigenvalue weighted by atomic mass is 9.62. The van der Waals surface area contributed by atoms with Crippen molar-refractivity contribution in [3.05, 3.63) is 148 Å². The minimum Gasteiger partial charge on any atom is -0.508 e. The molecule has 2 saturated heterocycles. The average molecular weight is 736 g/mol. The van der Waals surface area contributed by atoms with Crippen molar-refractivity contribution >= 4 is 5.82 Å². The quantitative estimate of drug-likeness (QED) is 0.146. The van der Waals surface area contributed by atoms with Gasteiger partial charge in [-0.05, 0) is 97.9 Å². The molecule has 2 N–H and O–H groups in total. The Labute approximate surface area is 325 Å². The first-order valence-electron chi connectivity index (χ1n) is 20.3. The number of aromatic hydroxyl groups is 1. The van der Waals surface area contributed by atoms with Crippen LogP contribution < -0.4 is 15.0 Å². The Hall–Kier alpha value is -4.76. The number of hydrogen-bond donors (Lipinski definition) is 2. The lowest BCUT2D eigenvalue weighted by Gasteiger charge is -2.52. The minimum absolute atomic E-state index is 0.0286. The van der Waals surface area contributed by atoms with Crippen molar-refractivity contribution in [2.24, 2.45) is 0 Å². The molecule has 1 aromatic heterocycles. The van der Waals surface area contributed by atoms with Crippen LogP contribution in [0.1, 0.15) is 71.2 Å². The van der Waals surface area contributed by atoms with Crippen molar-refractivity contribution in [3.8, 4) is 11.8 Å². The van der Waals surface area contributed by atoms with Crippen molar-refractivity contribution in [1.82, 2.24) is 20.2 Å². The van der Waals surface area contributed by atoms with E-state index in [-0.39, 0.29) is 11.5 Å². The van der Waals surface area contributed by atoms with Gasteiger partial charge in [-0.2, -0.15) is 9.97 Å². The van der Waals surface area contributed by atoms with E-state index in [2.05, 4.69) is 112 Å². The third kappa shape index (κ3) is 6.68. The van der Waals surface area contributed by atoms with Gasteiger partial charge in [-0.15, -0.1) is 0 Å². The third-order valence-electron chi connectivity index (χ3n) is 12.9. The molecule has 0 saturated carbocycles. The van der Waals surface area contributed by atoms with E-state index in [0.717, 1.165) is 82.6 Å². The van der Waals surface area contributed by atoms with Gasteiger partial charge in [0.15, 0.2) is 0 Å². The highest BCUT2D eigenvalue weighted by Crippen LogP contribution is 2.49. The van der Waals surface area contributed by atoms with E-state index < -0.39 is 5.54 Å². The van der Waals surface area contributed by atoms with E-state index >= 15 is 0 Å². The van der Waals surface area contributed by atoms with Crippen LogP contribution in [-0.2, 0) is 35.0 Å². The number of fused-ring (bicyclic) bond motifs is 3. The number of ether oxygens (including phenoxy) is 2. The number of phenolic OH excluding ortho intramolecular Hbond substituents is 1. The number of benzene rings is 4. The molecule has 2 aliphatic heterocycles. The van der Waals surface area contributed by atoms with E-state index in [9.17, 15) is 5.11 Å². The van der Waals surface area contributed by atoms with Crippen LogP contribution in [0.5, 0.6) is 11.8 Å². The number of aryl methyl sites for hydroxylation is 1. The fraction of sp³-hybridized carbons (Fsp3) is 0.404. The Balaban J connectivity index is 1.12. The first kappa shape index (κ1) is 35.9. The Kier molecular flexibility index (Phi) is 10.1. The molecular weight excluding hydrogens is 683 g/mol. The summed E-state index contributed by atoms with van der Waals surface area (Å²) in [6, 6.07) is 39.8. The third-order valence-corrected chi connectivity index (χ3v) is 12.9. The highest BCUT2D eigenvalue weighted by Gasteiger charge is 2.47. The highest BCUT2D eigenvalue weighted by molar-refractivity contribution is 5.56. The van der Waals surface area contributed by atoms with Crippen molar-refractivity contribution in [1.29, 1.82) is 0 Å². The molecule has 8 nitrogen and oxygen atoms in total. The molecule has 9 rings (SSSR count). The molecule has 8 heteroatoms. The molecule has 4 aromatic carbocycles. The molecular formula is C47H53N5O3. The van der Waals surface area contributed by atoms with Gasteiger partial charge in [0.1, 0.15) is 18.2 Å². The Bertz CT molecular complexity index is 1980. The van der Waals surface area contributed by atoms with Crippen LogP contribution in [0.4, 0.5) is 5.82 Å². The lowest BCUT2D eigenvalue weighted by molar-refractivity contribution is 0.0879. The first-order chi connectivity index (χ1) is 27.1. The first-order valence-corrected chi connectivity index (χ1v) is 20.3. The van der Waals surface area contributed by atoms with Gasteiger partial charge in [0.05, 0.1) is 23.9 Å². The predicted octanol–water partition coefficient (Wildman–Crippen LogP) is 7.21. The molecule has 3 heterocycles. The summed E-state index contributed by atoms with van der Waals surface area (Å²) < 4.78 is 12.6. The number of aromatic nitrogens is 2. The number of piperazine rings is 1. The van der Waals surface area contributed by atoms with Crippen molar-refractivity contribution < 1.29 is 14.6 Å². The van der Waals surface area contributed by atoms with Crippen molar-refractivity contribution in [2.75, 3.05) is 51.4 Å². The lowest BCUT2D eigenvalue weighted by Crippen LogP contribution is -2.62. The molecule has 0 bridgehead atoms. The summed E-state index contributed by atoms with van der Waals surface area (Å²) in [6.45, 7) is 4.50. The molecule has 3 atom stereocenters. The molecule has 284 valence electrons. The molecule has 2 aliphatic carbocycles. The van der Waals surface area contributed by atoms with Gasteiger partial charge in [0, 0.05) is 43.8 Å². The van der Waals surface area contributed by atoms with Crippen LogP contribution in [-0.4, -0.2) is 78.6 Å². The van der Waals surface area contributed by atoms with Gasteiger partial charge in [0.25, 0.3) is 0 Å². The van der Waals surface area contributed by atoms with E-state index in [1.165, 1.54) is 39.8 Å². The summed E-state index contributed by atoms with van der Waals surface area (Å²) in [5.41, 5.74) is 8.16. The zero-order valence-electron chi connectivity index (χ0n) is 32.0. The van der Waals surface area contributed by atoms with E-state index in [0.29, 0.717) is 31.0 Å². The normalized spacial score (nSPS) is 22.7. The van der Waals surface area contributed by atoms with Gasteiger partial charge in [-0.1, -0.05) is 97.1 Å². The largest absolute Gasteiger partial charge is 0.508 e. The second kappa shape index (κ2) is 15.4. The second-order valence-corrected chi connectivity index (χ2v) is 16.1. The van der Waals surface area contributed by atoms with Crippen LogP contribution in [0.25, 0.3) is 0 Å². The summed E-state index contributed by atoms with van der Waals surface area (Å²) in [5, 5.41) is 14.2. The summed E-state index contributed by atoms with van der Waals surface area (Å²) in [5.74, 6) is 1.34. The van der Waals surface area contributed by atoms with Crippen LogP contribution in [0.2, 0.25) is 0 Å². The standard InChI is InChI=1S/C47H53N5O3/c1-54-33-39-31-51(47(35-14-5-2-6-15-35,36-16-7-3-8-17-36)37-18-9-4-10-19-37)27-28-52(39)44-41-23-25-46(24-11-13-34-21-22-40(53)29-42(34)46)30-43(41)49-45(50-44)55-32-38-20-12-26-48-38/h2-10,14-19,21-22,29,38-39,48,53H,11-13,20,23-28,30-33H2,1H3/t38-,39+,46?/m0/s1. The van der Waals surface area contributed by atoms with Crippen molar-refractivity contribution in [2.45, 2.75) is 74.4 Å². The minimum atomic E-state index is -0.512. The van der Waals surface area contributed by atoms with Crippen LogP contribution in [0.3, 0.4) is 0 Å². The maximum Gasteiger partial charge on any atom is 0.318 e. The SMILES string of the molecule is COC[C@H]1CN(C(c2ccccc2)(c2ccccc2)c2ccccc2)CCN1c1nc(OC[C@@H]2CCCN2)nc2c1CCC1(CCCc3ccc(O)cc31)C2. The monoisotopic (exact) mass is 735 g/mol. The Morgan fingerprint density at radius 2 is 1.53 bits per heavy atom. The number of nitrogens with one attached hydrogen (secondary N) is 1. The maximum atomic E-state index is 10.6. The molecule has 5 aromatic rings. The molecule has 0 amide bonds. The molecule has 1 unspecified atom stereocenters. The Morgan fingerprint density at radius 3 is 2.18 bits per heavy atom. The zero-order chi connectivity index (χ0) is 37.2. The topological polar surface area (TPSA) is 83.0 Å². The average Bonchev–Trinajstić information content (AvgIpc) is 3.76. The fourth-order valence-electron chi connectivity index (χ4n) is 10.4. The smallest absolute Gasteiger partial charge is 0.318 e. The van der Waals surface area contributed by atoms with Gasteiger partial charge in [-0.25, -0.2) is 0 Å².